The molecular formula is C20H23N7O3S. The van der Waals surface area contributed by atoms with E-state index in [4.69, 9.17) is 15.2 Å². The van der Waals surface area contributed by atoms with E-state index >= 15 is 0 Å². The Kier molecular flexibility index (Phi) is 6.87. The molecule has 1 aliphatic rings. The van der Waals surface area contributed by atoms with E-state index < -0.39 is 6.03 Å². The second kappa shape index (κ2) is 10.2. The number of thiazole rings is 1. The molecule has 0 saturated carbocycles. The molecule has 10 nitrogen and oxygen atoms in total. The molecule has 0 radical (unpaired) electrons. The first-order valence-electron chi connectivity index (χ1n) is 9.80. The van der Waals surface area contributed by atoms with Crippen molar-refractivity contribution in [3.05, 3.63) is 42.9 Å². The van der Waals surface area contributed by atoms with Gasteiger partial charge in [0.15, 0.2) is 5.13 Å². The summed E-state index contributed by atoms with van der Waals surface area (Å²) in [5.74, 6) is 1.12. The highest BCUT2D eigenvalue weighted by molar-refractivity contribution is 7.18. The van der Waals surface area contributed by atoms with Crippen molar-refractivity contribution in [1.29, 1.82) is 0 Å². The number of nitrogens with zero attached hydrogens (tertiary/aromatic N) is 4. The van der Waals surface area contributed by atoms with Crippen LogP contribution < -0.4 is 21.1 Å². The second-order valence-corrected chi connectivity index (χ2v) is 7.80. The fourth-order valence-electron chi connectivity index (χ4n) is 3.03. The summed E-state index contributed by atoms with van der Waals surface area (Å²) >= 11 is 1.49. The highest BCUT2D eigenvalue weighted by Gasteiger charge is 2.11. The summed E-state index contributed by atoms with van der Waals surface area (Å²) < 4.78 is 11.1. The molecule has 0 bridgehead atoms. The molecular weight excluding hydrogens is 418 g/mol. The Morgan fingerprint density at radius 1 is 1.19 bits per heavy atom. The Hall–Kier alpha value is -3.28. The van der Waals surface area contributed by atoms with Crippen molar-refractivity contribution < 1.29 is 14.3 Å². The van der Waals surface area contributed by atoms with Crippen LogP contribution in [-0.4, -0.2) is 65.3 Å². The molecule has 2 amide bonds. The Balaban J connectivity index is 1.32. The Morgan fingerprint density at radius 2 is 2.00 bits per heavy atom. The van der Waals surface area contributed by atoms with E-state index in [1.807, 2.05) is 12.1 Å². The molecule has 1 saturated heterocycles. The minimum absolute atomic E-state index is 0.514. The van der Waals surface area contributed by atoms with Crippen LogP contribution in [0.25, 0.3) is 10.4 Å². The van der Waals surface area contributed by atoms with E-state index in [0.717, 1.165) is 43.3 Å². The van der Waals surface area contributed by atoms with Crippen molar-refractivity contribution in [3.63, 3.8) is 0 Å². The molecule has 0 spiro atoms. The average Bonchev–Trinajstić information content (AvgIpc) is 3.23. The van der Waals surface area contributed by atoms with Gasteiger partial charge in [-0.3, -0.25) is 4.90 Å². The number of aromatic nitrogens is 3. The van der Waals surface area contributed by atoms with Crippen LogP contribution >= 0.6 is 11.3 Å². The topological polar surface area (TPSA) is 128 Å². The number of rotatable bonds is 8. The van der Waals surface area contributed by atoms with E-state index in [1.54, 1.807) is 24.4 Å². The fourth-order valence-corrected chi connectivity index (χ4v) is 3.85. The first-order valence-corrected chi connectivity index (χ1v) is 10.6. The van der Waals surface area contributed by atoms with Gasteiger partial charge >= 0.3 is 6.03 Å². The van der Waals surface area contributed by atoms with Crippen molar-refractivity contribution >= 4 is 34.0 Å². The third kappa shape index (κ3) is 6.10. The van der Waals surface area contributed by atoms with Crippen LogP contribution in [0.3, 0.4) is 0 Å². The van der Waals surface area contributed by atoms with Gasteiger partial charge < -0.3 is 25.8 Å². The molecule has 2 aromatic heterocycles. The molecule has 3 aromatic rings. The van der Waals surface area contributed by atoms with Gasteiger partial charge in [0.05, 0.1) is 18.1 Å². The van der Waals surface area contributed by atoms with Crippen LogP contribution in [0.15, 0.2) is 42.9 Å². The van der Waals surface area contributed by atoms with Crippen molar-refractivity contribution in [3.8, 4) is 16.3 Å². The summed E-state index contributed by atoms with van der Waals surface area (Å²) in [5, 5.41) is 6.43. The van der Waals surface area contributed by atoms with E-state index in [1.165, 1.54) is 17.7 Å². The van der Waals surface area contributed by atoms with Crippen LogP contribution in [0.2, 0.25) is 0 Å². The van der Waals surface area contributed by atoms with Gasteiger partial charge in [0.1, 0.15) is 18.8 Å². The first kappa shape index (κ1) is 21.0. The molecule has 0 atom stereocenters. The molecule has 1 fully saturated rings. The number of amides is 2. The smallest absolute Gasteiger partial charge is 0.316 e. The van der Waals surface area contributed by atoms with Gasteiger partial charge in [-0.25, -0.2) is 19.7 Å². The molecule has 11 heteroatoms. The number of morpholine rings is 1. The zero-order chi connectivity index (χ0) is 21.5. The number of benzene rings is 1. The standard InChI is InChI=1S/C20H23N7O3S/c21-19(28)25-15-3-1-14(2-4-15)16-12-22-20(31-16)26-17-11-18(24-13-23-17)30-10-7-27-5-8-29-9-6-27/h1-4,11-13H,5-10H2,(H3,21,25,28)(H,22,23,24,26). The Morgan fingerprint density at radius 3 is 2.77 bits per heavy atom. The highest BCUT2D eigenvalue weighted by atomic mass is 32.1. The first-order chi connectivity index (χ1) is 15.2. The third-order valence-corrected chi connectivity index (χ3v) is 5.54. The van der Waals surface area contributed by atoms with Gasteiger partial charge in [0.25, 0.3) is 0 Å². The maximum absolute atomic E-state index is 10.9. The van der Waals surface area contributed by atoms with Crippen molar-refractivity contribution in [1.82, 2.24) is 19.9 Å². The molecule has 1 aliphatic heterocycles. The zero-order valence-electron chi connectivity index (χ0n) is 16.8. The minimum atomic E-state index is -0.591. The number of urea groups is 1. The summed E-state index contributed by atoms with van der Waals surface area (Å²) in [6.45, 7) is 4.78. The highest BCUT2D eigenvalue weighted by Crippen LogP contribution is 2.31. The van der Waals surface area contributed by atoms with Crippen LogP contribution in [-0.2, 0) is 4.74 Å². The number of anilines is 3. The molecule has 4 rings (SSSR count). The Labute approximate surface area is 183 Å². The summed E-state index contributed by atoms with van der Waals surface area (Å²) in [5.41, 5.74) is 6.75. The number of nitrogens with one attached hydrogen (secondary N) is 2. The van der Waals surface area contributed by atoms with Gasteiger partial charge in [0.2, 0.25) is 5.88 Å². The number of primary amides is 1. The van der Waals surface area contributed by atoms with Crippen LogP contribution in [0.1, 0.15) is 0 Å². The van der Waals surface area contributed by atoms with E-state index in [-0.39, 0.29) is 0 Å². The number of carbonyl (C=O) groups excluding carboxylic acids is 1. The predicted molar refractivity (Wildman–Crippen MR) is 119 cm³/mol. The summed E-state index contributed by atoms with van der Waals surface area (Å²) in [4.78, 5) is 27.0. The normalized spacial score (nSPS) is 14.2. The van der Waals surface area contributed by atoms with E-state index in [9.17, 15) is 4.79 Å². The number of hydrogen-bond acceptors (Lipinski definition) is 9. The fraction of sp³-hybridized carbons (Fsp3) is 0.300. The lowest BCUT2D eigenvalue weighted by Crippen LogP contribution is -2.38. The number of hydrogen-bond donors (Lipinski definition) is 3. The third-order valence-electron chi connectivity index (χ3n) is 4.58. The maximum atomic E-state index is 10.9. The lowest BCUT2D eigenvalue weighted by Gasteiger charge is -2.26. The van der Waals surface area contributed by atoms with Crippen LogP contribution in [0.5, 0.6) is 5.88 Å². The van der Waals surface area contributed by atoms with Gasteiger partial charge in [-0.1, -0.05) is 23.5 Å². The predicted octanol–water partition coefficient (Wildman–Crippen LogP) is 2.55. The SMILES string of the molecule is NC(=O)Nc1ccc(-c2cnc(Nc3cc(OCCN4CCOCC4)ncn3)s2)cc1. The lowest BCUT2D eigenvalue weighted by atomic mass is 10.2. The van der Waals surface area contributed by atoms with Gasteiger partial charge in [-0.15, -0.1) is 0 Å². The monoisotopic (exact) mass is 441 g/mol. The molecule has 31 heavy (non-hydrogen) atoms. The van der Waals surface area contributed by atoms with Gasteiger partial charge in [-0.05, 0) is 17.7 Å². The maximum Gasteiger partial charge on any atom is 0.316 e. The zero-order valence-corrected chi connectivity index (χ0v) is 17.6. The molecule has 3 heterocycles. The number of nitrogens with two attached hydrogens (primary N) is 1. The lowest BCUT2D eigenvalue weighted by molar-refractivity contribution is 0.0320. The molecule has 0 aliphatic carbocycles. The van der Waals surface area contributed by atoms with Crippen LogP contribution in [0.4, 0.5) is 21.4 Å². The molecule has 0 unspecified atom stereocenters. The van der Waals surface area contributed by atoms with Crippen LogP contribution in [0, 0.1) is 0 Å². The summed E-state index contributed by atoms with van der Waals surface area (Å²) in [7, 11) is 0. The Bertz CT molecular complexity index is 1010. The molecule has 1 aromatic carbocycles. The van der Waals surface area contributed by atoms with Crippen molar-refractivity contribution in [2.75, 3.05) is 50.1 Å². The van der Waals surface area contributed by atoms with Crippen molar-refractivity contribution in [2.24, 2.45) is 5.73 Å². The quantitative estimate of drug-likeness (QED) is 0.487. The number of carbonyl (C=O) groups is 1. The number of ether oxygens (including phenoxy) is 2. The van der Waals surface area contributed by atoms with E-state index in [2.05, 4.69) is 30.5 Å². The van der Waals surface area contributed by atoms with Gasteiger partial charge in [0, 0.05) is 37.6 Å². The second-order valence-electron chi connectivity index (χ2n) is 6.77. The van der Waals surface area contributed by atoms with Crippen molar-refractivity contribution in [2.45, 2.75) is 0 Å². The summed E-state index contributed by atoms with van der Waals surface area (Å²) in [6.07, 6.45) is 3.25. The average molecular weight is 442 g/mol. The minimum Gasteiger partial charge on any atom is -0.476 e. The molecule has 162 valence electrons. The molecule has 4 N–H and O–H groups in total. The largest absolute Gasteiger partial charge is 0.476 e. The van der Waals surface area contributed by atoms with Gasteiger partial charge in [-0.2, -0.15) is 0 Å². The summed E-state index contributed by atoms with van der Waals surface area (Å²) in [6, 6.07) is 8.54. The van der Waals surface area contributed by atoms with E-state index in [0.29, 0.717) is 29.1 Å².